The molecule has 114 valence electrons. The number of aryl methyl sites for hydroxylation is 1. The third kappa shape index (κ3) is 3.41. The Morgan fingerprint density at radius 1 is 1.09 bits per heavy atom. The van der Waals surface area contributed by atoms with Crippen molar-refractivity contribution in [3.63, 3.8) is 0 Å². The minimum absolute atomic E-state index is 0.0320. The number of nitrogens with one attached hydrogen (secondary N) is 3. The van der Waals surface area contributed by atoms with E-state index in [1.54, 1.807) is 37.3 Å². The number of likely N-dealkylation sites (N-methyl/N-ethyl adjacent to an activating group) is 1. The van der Waals surface area contributed by atoms with Crippen LogP contribution in [0.2, 0.25) is 0 Å². The van der Waals surface area contributed by atoms with E-state index < -0.39 is 17.5 Å². The van der Waals surface area contributed by atoms with Crippen molar-refractivity contribution in [3.05, 3.63) is 69.6 Å². The predicted octanol–water partition coefficient (Wildman–Crippen LogP) is 0.900. The van der Waals surface area contributed by atoms with Crippen LogP contribution in [0.25, 0.3) is 0 Å². The molecule has 0 bridgehead atoms. The highest BCUT2D eigenvalue weighted by Crippen LogP contribution is 2.13. The molecule has 0 saturated heterocycles. The number of pyridine rings is 1. The molecule has 1 atom stereocenters. The van der Waals surface area contributed by atoms with Crippen molar-refractivity contribution in [3.8, 4) is 0 Å². The predicted molar refractivity (Wildman–Crippen MR) is 82.5 cm³/mol. The van der Waals surface area contributed by atoms with E-state index in [0.29, 0.717) is 11.3 Å². The molecule has 1 unspecified atom stereocenters. The van der Waals surface area contributed by atoms with Crippen molar-refractivity contribution < 1.29 is 9.59 Å². The lowest BCUT2D eigenvalue weighted by Gasteiger charge is -2.17. The Morgan fingerprint density at radius 2 is 1.77 bits per heavy atom. The van der Waals surface area contributed by atoms with E-state index in [4.69, 9.17) is 0 Å². The van der Waals surface area contributed by atoms with E-state index in [2.05, 4.69) is 15.6 Å². The fraction of sp³-hybridized carbons (Fsp3) is 0.188. The van der Waals surface area contributed by atoms with Crippen LogP contribution in [0.15, 0.2) is 47.3 Å². The summed E-state index contributed by atoms with van der Waals surface area (Å²) in [6, 6.07) is 11.0. The van der Waals surface area contributed by atoms with Crippen molar-refractivity contribution >= 4 is 11.8 Å². The van der Waals surface area contributed by atoms with Crippen molar-refractivity contribution in [2.45, 2.75) is 13.0 Å². The number of aromatic amines is 1. The van der Waals surface area contributed by atoms with E-state index in [1.807, 2.05) is 6.07 Å². The van der Waals surface area contributed by atoms with Gasteiger partial charge in [0.25, 0.3) is 11.5 Å². The smallest absolute Gasteiger partial charge is 0.260 e. The van der Waals surface area contributed by atoms with Crippen LogP contribution in [0.3, 0.4) is 0 Å². The first-order valence-electron chi connectivity index (χ1n) is 6.80. The molecule has 2 aromatic rings. The van der Waals surface area contributed by atoms with Crippen LogP contribution in [0.1, 0.15) is 27.7 Å². The highest BCUT2D eigenvalue weighted by atomic mass is 16.2. The van der Waals surface area contributed by atoms with Crippen molar-refractivity contribution in [1.29, 1.82) is 0 Å². The molecule has 6 heteroatoms. The van der Waals surface area contributed by atoms with Gasteiger partial charge in [0.15, 0.2) is 0 Å². The van der Waals surface area contributed by atoms with Gasteiger partial charge in [0.2, 0.25) is 5.91 Å². The fourth-order valence-corrected chi connectivity index (χ4v) is 2.05. The first-order chi connectivity index (χ1) is 10.5. The number of amides is 2. The molecule has 0 aliphatic rings. The molecule has 0 aliphatic heterocycles. The maximum absolute atomic E-state index is 12.3. The van der Waals surface area contributed by atoms with Gasteiger partial charge in [-0.25, -0.2) is 0 Å². The Hall–Kier alpha value is -2.89. The molecule has 0 radical (unpaired) electrons. The summed E-state index contributed by atoms with van der Waals surface area (Å²) in [5.74, 6) is -0.957. The summed E-state index contributed by atoms with van der Waals surface area (Å²) in [5, 5.41) is 5.09. The molecule has 1 aromatic heterocycles. The zero-order valence-corrected chi connectivity index (χ0v) is 12.3. The molecule has 0 spiro atoms. The van der Waals surface area contributed by atoms with E-state index in [9.17, 15) is 14.4 Å². The van der Waals surface area contributed by atoms with Crippen molar-refractivity contribution in [1.82, 2.24) is 15.6 Å². The van der Waals surface area contributed by atoms with Gasteiger partial charge < -0.3 is 15.6 Å². The Bertz CT molecular complexity index is 738. The van der Waals surface area contributed by atoms with Gasteiger partial charge in [0.1, 0.15) is 11.6 Å². The molecule has 2 rings (SSSR count). The van der Waals surface area contributed by atoms with Gasteiger partial charge in [-0.3, -0.25) is 14.4 Å². The third-order valence-electron chi connectivity index (χ3n) is 3.22. The molecule has 2 amide bonds. The van der Waals surface area contributed by atoms with Gasteiger partial charge in [0.05, 0.1) is 0 Å². The second kappa shape index (κ2) is 6.71. The molecule has 1 aromatic carbocycles. The van der Waals surface area contributed by atoms with Crippen LogP contribution in [0, 0.1) is 6.92 Å². The summed E-state index contributed by atoms with van der Waals surface area (Å²) in [6.45, 7) is 1.72. The van der Waals surface area contributed by atoms with Crippen LogP contribution >= 0.6 is 0 Å². The number of rotatable bonds is 4. The topological polar surface area (TPSA) is 91.1 Å². The van der Waals surface area contributed by atoms with Gasteiger partial charge in [-0.1, -0.05) is 30.3 Å². The van der Waals surface area contributed by atoms with Gasteiger partial charge >= 0.3 is 0 Å². The summed E-state index contributed by atoms with van der Waals surface area (Å²) in [6.07, 6.45) is 0. The Kier molecular flexibility index (Phi) is 4.73. The normalized spacial score (nSPS) is 11.5. The zero-order valence-electron chi connectivity index (χ0n) is 12.3. The highest BCUT2D eigenvalue weighted by molar-refractivity contribution is 5.97. The zero-order chi connectivity index (χ0) is 16.1. The monoisotopic (exact) mass is 299 g/mol. The maximum Gasteiger partial charge on any atom is 0.260 e. The number of hydrogen-bond acceptors (Lipinski definition) is 3. The molecule has 0 aliphatic carbocycles. The van der Waals surface area contributed by atoms with Crippen molar-refractivity contribution in [2.75, 3.05) is 7.05 Å². The average molecular weight is 299 g/mol. The van der Waals surface area contributed by atoms with Crippen LogP contribution in [-0.4, -0.2) is 23.8 Å². The average Bonchev–Trinajstić information content (AvgIpc) is 2.52. The first-order valence-corrected chi connectivity index (χ1v) is 6.80. The summed E-state index contributed by atoms with van der Waals surface area (Å²) in [7, 11) is 1.49. The van der Waals surface area contributed by atoms with Gasteiger partial charge in [-0.2, -0.15) is 0 Å². The fourth-order valence-electron chi connectivity index (χ4n) is 2.05. The quantitative estimate of drug-likeness (QED) is 0.783. The number of carbonyl (C=O) groups is 2. The minimum atomic E-state index is -0.862. The van der Waals surface area contributed by atoms with Gasteiger partial charge in [0, 0.05) is 12.7 Å². The van der Waals surface area contributed by atoms with E-state index in [0.717, 1.165) is 0 Å². The van der Waals surface area contributed by atoms with Crippen LogP contribution in [0.5, 0.6) is 0 Å². The standard InChI is InChI=1S/C16H17N3O3/c1-10-8-9-12(14(20)18-10)15(21)19-13(16(22)17-2)11-6-4-3-5-7-11/h3-9,13H,1-2H3,(H,17,22)(H,18,20)(H,19,21). The largest absolute Gasteiger partial charge is 0.357 e. The molecule has 0 fully saturated rings. The van der Waals surface area contributed by atoms with Crippen LogP contribution < -0.4 is 16.2 Å². The van der Waals surface area contributed by atoms with E-state index in [1.165, 1.54) is 13.1 Å². The molecular weight excluding hydrogens is 282 g/mol. The number of aromatic nitrogens is 1. The SMILES string of the molecule is CNC(=O)C(NC(=O)c1ccc(C)[nH]c1=O)c1ccccc1. The Balaban J connectivity index is 2.29. The molecule has 0 saturated carbocycles. The second-order valence-electron chi connectivity index (χ2n) is 4.82. The lowest BCUT2D eigenvalue weighted by Crippen LogP contribution is -2.40. The summed E-state index contributed by atoms with van der Waals surface area (Å²) < 4.78 is 0. The van der Waals surface area contributed by atoms with E-state index >= 15 is 0 Å². The van der Waals surface area contributed by atoms with Gasteiger partial charge in [-0.15, -0.1) is 0 Å². The number of carbonyl (C=O) groups excluding carboxylic acids is 2. The van der Waals surface area contributed by atoms with Crippen LogP contribution in [0.4, 0.5) is 0 Å². The maximum atomic E-state index is 12.3. The molecular formula is C16H17N3O3. The minimum Gasteiger partial charge on any atom is -0.357 e. The summed E-state index contributed by atoms with van der Waals surface area (Å²) in [4.78, 5) is 38.7. The number of H-pyrrole nitrogens is 1. The lowest BCUT2D eigenvalue weighted by molar-refractivity contribution is -0.122. The first kappa shape index (κ1) is 15.5. The molecule has 3 N–H and O–H groups in total. The highest BCUT2D eigenvalue weighted by Gasteiger charge is 2.23. The third-order valence-corrected chi connectivity index (χ3v) is 3.22. The number of benzene rings is 1. The Morgan fingerprint density at radius 3 is 2.36 bits per heavy atom. The summed E-state index contributed by atoms with van der Waals surface area (Å²) >= 11 is 0. The second-order valence-corrected chi connectivity index (χ2v) is 4.82. The van der Waals surface area contributed by atoms with Crippen LogP contribution in [-0.2, 0) is 4.79 Å². The lowest BCUT2D eigenvalue weighted by atomic mass is 10.1. The van der Waals surface area contributed by atoms with Crippen molar-refractivity contribution in [2.24, 2.45) is 0 Å². The number of hydrogen-bond donors (Lipinski definition) is 3. The molecule has 22 heavy (non-hydrogen) atoms. The summed E-state index contributed by atoms with van der Waals surface area (Å²) in [5.41, 5.74) is 0.780. The van der Waals surface area contributed by atoms with Gasteiger partial charge in [-0.05, 0) is 24.6 Å². The molecule has 1 heterocycles. The molecule has 6 nitrogen and oxygen atoms in total. The Labute approximate surface area is 127 Å². The van der Waals surface area contributed by atoms with E-state index in [-0.39, 0.29) is 11.5 Å².